The lowest BCUT2D eigenvalue weighted by Gasteiger charge is -2.18. The van der Waals surface area contributed by atoms with Gasteiger partial charge in [-0.05, 0) is 6.42 Å². The molecule has 0 saturated heterocycles. The Labute approximate surface area is 194 Å². The Morgan fingerprint density at radius 1 is 0.781 bits per heavy atom. The summed E-state index contributed by atoms with van der Waals surface area (Å²) in [6.07, 6.45) is 18.0. The van der Waals surface area contributed by atoms with Crippen molar-refractivity contribution in [3.05, 3.63) is 0 Å². The van der Waals surface area contributed by atoms with Gasteiger partial charge in [-0.1, -0.05) is 96.8 Å². The molecule has 0 saturated carbocycles. The third-order valence-corrected chi connectivity index (χ3v) is 5.74. The standard InChI is InChI=1S/C23H47O8P/c1-2-3-4-5-6-7-8-9-10-11-12-13-14-15-16-17-23(25)31-22(20-29-19-18-24)21-30-32(26,27)28/h22,24H,2-21H2,1H3,(H2,26,27,28)/t22-/m0/s1. The van der Waals surface area contributed by atoms with Crippen LogP contribution in [0.3, 0.4) is 0 Å². The van der Waals surface area contributed by atoms with Crippen LogP contribution in [-0.4, -0.2) is 53.4 Å². The highest BCUT2D eigenvalue weighted by molar-refractivity contribution is 7.46. The summed E-state index contributed by atoms with van der Waals surface area (Å²) < 4.78 is 25.5. The van der Waals surface area contributed by atoms with Crippen LogP contribution in [-0.2, 0) is 23.4 Å². The molecular weight excluding hydrogens is 435 g/mol. The van der Waals surface area contributed by atoms with Crippen LogP contribution < -0.4 is 0 Å². The van der Waals surface area contributed by atoms with Gasteiger partial charge in [-0.2, -0.15) is 0 Å². The molecule has 0 spiro atoms. The lowest BCUT2D eigenvalue weighted by molar-refractivity contribution is -0.154. The largest absolute Gasteiger partial charge is 0.469 e. The van der Waals surface area contributed by atoms with Crippen LogP contribution in [0.15, 0.2) is 0 Å². The summed E-state index contributed by atoms with van der Waals surface area (Å²) >= 11 is 0. The van der Waals surface area contributed by atoms with Gasteiger partial charge in [0.1, 0.15) is 6.10 Å². The first kappa shape index (κ1) is 31.5. The number of phosphoric acid groups is 1. The molecule has 0 amide bonds. The molecule has 192 valence electrons. The highest BCUT2D eigenvalue weighted by Gasteiger charge is 2.21. The van der Waals surface area contributed by atoms with Crippen LogP contribution in [0.5, 0.6) is 0 Å². The number of ether oxygens (including phenoxy) is 2. The molecule has 0 fully saturated rings. The average Bonchev–Trinajstić information content (AvgIpc) is 2.74. The van der Waals surface area contributed by atoms with E-state index >= 15 is 0 Å². The van der Waals surface area contributed by atoms with Crippen LogP contribution >= 0.6 is 7.82 Å². The summed E-state index contributed by atoms with van der Waals surface area (Å²) in [7, 11) is -4.65. The SMILES string of the molecule is CCCCCCCCCCCCCCCCCC(=O)O[C@@H](COCCO)COP(=O)(O)O. The Kier molecular flexibility index (Phi) is 22.0. The third kappa shape index (κ3) is 24.1. The van der Waals surface area contributed by atoms with E-state index < -0.39 is 26.5 Å². The van der Waals surface area contributed by atoms with Crippen molar-refractivity contribution < 1.29 is 38.3 Å². The van der Waals surface area contributed by atoms with E-state index in [1.54, 1.807) is 0 Å². The average molecular weight is 483 g/mol. The molecule has 0 rings (SSSR count). The van der Waals surface area contributed by atoms with Gasteiger partial charge in [-0.15, -0.1) is 0 Å². The van der Waals surface area contributed by atoms with E-state index in [2.05, 4.69) is 11.4 Å². The molecule has 0 bridgehead atoms. The first-order valence-corrected chi connectivity index (χ1v) is 14.0. The van der Waals surface area contributed by atoms with Crippen molar-refractivity contribution in [1.29, 1.82) is 0 Å². The summed E-state index contributed by atoms with van der Waals surface area (Å²) in [6.45, 7) is 1.55. The van der Waals surface area contributed by atoms with Crippen molar-refractivity contribution in [2.24, 2.45) is 0 Å². The predicted molar refractivity (Wildman–Crippen MR) is 125 cm³/mol. The van der Waals surface area contributed by atoms with Crippen LogP contribution in [0.1, 0.15) is 110 Å². The Bertz CT molecular complexity index is 469. The van der Waals surface area contributed by atoms with E-state index in [9.17, 15) is 9.36 Å². The molecule has 0 aromatic rings. The number of carbonyl (C=O) groups is 1. The molecule has 0 aromatic carbocycles. The monoisotopic (exact) mass is 482 g/mol. The van der Waals surface area contributed by atoms with Gasteiger partial charge in [0.2, 0.25) is 0 Å². The number of carbonyl (C=O) groups excluding carboxylic acids is 1. The Hall–Kier alpha value is -0.500. The lowest BCUT2D eigenvalue weighted by atomic mass is 10.0. The Morgan fingerprint density at radius 2 is 1.25 bits per heavy atom. The van der Waals surface area contributed by atoms with E-state index in [0.29, 0.717) is 0 Å². The second-order valence-corrected chi connectivity index (χ2v) is 9.64. The molecule has 9 heteroatoms. The summed E-state index contributed by atoms with van der Waals surface area (Å²) in [5, 5.41) is 8.73. The second kappa shape index (κ2) is 22.3. The maximum atomic E-state index is 12.0. The van der Waals surface area contributed by atoms with Crippen LogP contribution in [0.25, 0.3) is 0 Å². The summed E-state index contributed by atoms with van der Waals surface area (Å²) in [5.74, 6) is -0.438. The van der Waals surface area contributed by atoms with E-state index in [1.807, 2.05) is 0 Å². The van der Waals surface area contributed by atoms with E-state index in [-0.39, 0.29) is 26.2 Å². The number of aliphatic hydroxyl groups is 1. The van der Waals surface area contributed by atoms with Crippen molar-refractivity contribution in [2.75, 3.05) is 26.4 Å². The normalized spacial score (nSPS) is 12.8. The second-order valence-electron chi connectivity index (χ2n) is 8.40. The topological polar surface area (TPSA) is 123 Å². The Morgan fingerprint density at radius 3 is 1.69 bits per heavy atom. The maximum Gasteiger partial charge on any atom is 0.469 e. The number of aliphatic hydroxyl groups excluding tert-OH is 1. The molecule has 1 atom stereocenters. The fraction of sp³-hybridized carbons (Fsp3) is 0.957. The van der Waals surface area contributed by atoms with Gasteiger partial charge in [0, 0.05) is 6.42 Å². The van der Waals surface area contributed by atoms with Gasteiger partial charge < -0.3 is 24.4 Å². The molecule has 0 aliphatic heterocycles. The number of unbranched alkanes of at least 4 members (excludes halogenated alkanes) is 14. The van der Waals surface area contributed by atoms with Gasteiger partial charge in [0.25, 0.3) is 0 Å². The van der Waals surface area contributed by atoms with Crippen LogP contribution in [0.4, 0.5) is 0 Å². The zero-order valence-electron chi connectivity index (χ0n) is 20.0. The zero-order valence-corrected chi connectivity index (χ0v) is 20.9. The fourth-order valence-electron chi connectivity index (χ4n) is 3.46. The van der Waals surface area contributed by atoms with Gasteiger partial charge in [-0.3, -0.25) is 9.32 Å². The van der Waals surface area contributed by atoms with E-state index in [4.69, 9.17) is 24.4 Å². The number of hydrogen-bond acceptors (Lipinski definition) is 6. The van der Waals surface area contributed by atoms with Gasteiger partial charge in [0.05, 0.1) is 26.4 Å². The lowest BCUT2D eigenvalue weighted by Crippen LogP contribution is -2.28. The molecule has 0 unspecified atom stereocenters. The third-order valence-electron chi connectivity index (χ3n) is 5.25. The maximum absolute atomic E-state index is 12.0. The highest BCUT2D eigenvalue weighted by atomic mass is 31.2. The molecule has 3 N–H and O–H groups in total. The van der Waals surface area contributed by atoms with E-state index in [1.165, 1.54) is 77.0 Å². The van der Waals surface area contributed by atoms with Crippen molar-refractivity contribution in [2.45, 2.75) is 116 Å². The van der Waals surface area contributed by atoms with Crippen molar-refractivity contribution in [3.8, 4) is 0 Å². The molecule has 0 heterocycles. The quantitative estimate of drug-likeness (QED) is 0.0965. The van der Waals surface area contributed by atoms with Gasteiger partial charge in [0.15, 0.2) is 0 Å². The minimum atomic E-state index is -4.65. The number of rotatable bonds is 24. The van der Waals surface area contributed by atoms with Crippen LogP contribution in [0, 0.1) is 0 Å². The van der Waals surface area contributed by atoms with E-state index in [0.717, 1.165) is 19.3 Å². The minimum Gasteiger partial charge on any atom is -0.457 e. The molecule has 0 aromatic heterocycles. The number of hydrogen-bond donors (Lipinski definition) is 3. The molecule has 32 heavy (non-hydrogen) atoms. The summed E-state index contributed by atoms with van der Waals surface area (Å²) in [4.78, 5) is 29.6. The van der Waals surface area contributed by atoms with Gasteiger partial charge >= 0.3 is 13.8 Å². The number of phosphoric ester groups is 1. The van der Waals surface area contributed by atoms with Gasteiger partial charge in [-0.25, -0.2) is 4.57 Å². The van der Waals surface area contributed by atoms with Crippen molar-refractivity contribution in [3.63, 3.8) is 0 Å². The first-order valence-electron chi connectivity index (χ1n) is 12.5. The summed E-state index contributed by atoms with van der Waals surface area (Å²) in [6, 6.07) is 0. The summed E-state index contributed by atoms with van der Waals surface area (Å²) in [5.41, 5.74) is 0. The van der Waals surface area contributed by atoms with Crippen molar-refractivity contribution >= 4 is 13.8 Å². The molecule has 8 nitrogen and oxygen atoms in total. The fourth-order valence-corrected chi connectivity index (χ4v) is 3.82. The molecular formula is C23H47O8P. The van der Waals surface area contributed by atoms with Crippen LogP contribution in [0.2, 0.25) is 0 Å². The Balaban J connectivity index is 3.63. The molecule has 0 aliphatic rings. The molecule has 0 aliphatic carbocycles. The minimum absolute atomic E-state index is 0.0447. The first-order chi connectivity index (χ1) is 15.4. The molecule has 0 radical (unpaired) electrons. The predicted octanol–water partition coefficient (Wildman–Crippen LogP) is 5.28. The number of esters is 1. The zero-order chi connectivity index (χ0) is 23.9. The smallest absolute Gasteiger partial charge is 0.457 e. The van der Waals surface area contributed by atoms with Crippen molar-refractivity contribution in [1.82, 2.24) is 0 Å². The highest BCUT2D eigenvalue weighted by Crippen LogP contribution is 2.35.